The van der Waals surface area contributed by atoms with Crippen LogP contribution in [0.4, 0.5) is 5.69 Å². The maximum atomic E-state index is 11.7. The van der Waals surface area contributed by atoms with Crippen molar-refractivity contribution in [2.45, 2.75) is 41.2 Å². The Kier molecular flexibility index (Phi) is 7.44. The third kappa shape index (κ3) is 4.88. The number of halogens is 2. The fourth-order valence-corrected chi connectivity index (χ4v) is 3.55. The van der Waals surface area contributed by atoms with Gasteiger partial charge in [-0.25, -0.2) is 14.3 Å². The van der Waals surface area contributed by atoms with Crippen LogP contribution in [-0.4, -0.2) is 46.0 Å². The first-order valence-electron chi connectivity index (χ1n) is 10.1. The van der Waals surface area contributed by atoms with E-state index in [-0.39, 0.29) is 35.2 Å². The summed E-state index contributed by atoms with van der Waals surface area (Å²) in [6.07, 6.45) is 1.48. The first-order valence-corrected chi connectivity index (χ1v) is 10.9. The van der Waals surface area contributed by atoms with Crippen molar-refractivity contribution in [2.24, 2.45) is 0 Å². The smallest absolute Gasteiger partial charge is 0.353 e. The van der Waals surface area contributed by atoms with Gasteiger partial charge < -0.3 is 4.74 Å². The summed E-state index contributed by atoms with van der Waals surface area (Å²) < 4.78 is 8.62. The summed E-state index contributed by atoms with van der Waals surface area (Å²) in [4.78, 5) is 23.6. The second kappa shape index (κ2) is 10.1. The molecule has 33 heavy (non-hydrogen) atoms. The predicted molar refractivity (Wildman–Crippen MR) is 124 cm³/mol. The predicted octanol–water partition coefficient (Wildman–Crippen LogP) is 4.65. The molecule has 0 saturated carbocycles. The summed E-state index contributed by atoms with van der Waals surface area (Å²) in [6.45, 7) is 9.54. The third-order valence-electron chi connectivity index (χ3n) is 4.62. The Bertz CT molecular complexity index is 1320. The molecule has 0 aliphatic heterocycles. The van der Waals surface area contributed by atoms with Gasteiger partial charge in [0.25, 0.3) is 0 Å². The number of pyridine rings is 1. The molecule has 13 heteroatoms. The number of ether oxygens (including phenoxy) is 1. The summed E-state index contributed by atoms with van der Waals surface area (Å²) in [5.74, 6) is -0.0994. The van der Waals surface area contributed by atoms with Crippen LogP contribution in [0.3, 0.4) is 0 Å². The van der Waals surface area contributed by atoms with E-state index in [0.717, 1.165) is 5.69 Å². The van der Waals surface area contributed by atoms with Crippen molar-refractivity contribution in [3.63, 3.8) is 0 Å². The molecule has 0 radical (unpaired) electrons. The lowest BCUT2D eigenvalue weighted by Gasteiger charge is -2.07. The maximum Gasteiger partial charge on any atom is 0.353 e. The van der Waals surface area contributed by atoms with Gasteiger partial charge in [0, 0.05) is 11.9 Å². The van der Waals surface area contributed by atoms with Crippen LogP contribution in [0.2, 0.25) is 10.4 Å². The van der Waals surface area contributed by atoms with Gasteiger partial charge in [-0.1, -0.05) is 25.4 Å². The van der Waals surface area contributed by atoms with E-state index in [9.17, 15) is 10.1 Å². The van der Waals surface area contributed by atoms with Gasteiger partial charge in [0.2, 0.25) is 5.28 Å². The molecule has 0 bridgehead atoms. The van der Waals surface area contributed by atoms with Gasteiger partial charge in [-0.3, -0.25) is 15.1 Å². The highest BCUT2D eigenvalue weighted by molar-refractivity contribution is 6.34. The lowest BCUT2D eigenvalue weighted by Crippen LogP contribution is -2.11. The van der Waals surface area contributed by atoms with Crippen LogP contribution in [0.5, 0.6) is 5.88 Å². The molecule has 0 N–H and O–H groups in total. The minimum atomic E-state index is -0.516. The van der Waals surface area contributed by atoms with Crippen LogP contribution in [0.15, 0.2) is 18.3 Å². The van der Waals surface area contributed by atoms with E-state index in [4.69, 9.17) is 27.9 Å². The summed E-state index contributed by atoms with van der Waals surface area (Å²) >= 11 is 12.0. The number of nitrogens with zero attached hydrogens (tertiary/aromatic N) is 8. The molecule has 174 valence electrons. The van der Waals surface area contributed by atoms with Gasteiger partial charge >= 0.3 is 11.6 Å². The van der Waals surface area contributed by atoms with E-state index in [1.165, 1.54) is 15.6 Å². The van der Waals surface area contributed by atoms with Crippen LogP contribution in [-0.2, 0) is 6.54 Å². The number of hydrogen-bond donors (Lipinski definition) is 0. The Hall–Kier alpha value is -3.31. The molecular formula is C20H22Cl2N8O3. The molecule has 0 fully saturated rings. The van der Waals surface area contributed by atoms with Gasteiger partial charge in [-0.15, -0.1) is 5.10 Å². The fraction of sp³-hybridized carbons (Fsp3) is 0.350. The SMILES string of the molecule is CC.Cc1ccc(-n2nc(OCCn3nc(Cl)c4cnc(Cl)nc43)c([N+](=O)[O-])c2C)c(C)n1. The molecule has 0 aliphatic rings. The van der Waals surface area contributed by atoms with Crippen molar-refractivity contribution in [3.05, 3.63) is 56.0 Å². The second-order valence-corrected chi connectivity index (χ2v) is 7.40. The van der Waals surface area contributed by atoms with Gasteiger partial charge in [0.1, 0.15) is 12.3 Å². The average Bonchev–Trinajstić information content (AvgIpc) is 3.26. The zero-order chi connectivity index (χ0) is 24.3. The molecule has 0 saturated heterocycles. The number of hydrogen-bond acceptors (Lipinski definition) is 8. The van der Waals surface area contributed by atoms with E-state index in [1.54, 1.807) is 6.92 Å². The van der Waals surface area contributed by atoms with E-state index in [2.05, 4.69) is 25.1 Å². The van der Waals surface area contributed by atoms with Gasteiger partial charge in [-0.05, 0) is 44.5 Å². The molecule has 0 aliphatic carbocycles. The van der Waals surface area contributed by atoms with Crippen molar-refractivity contribution in [1.29, 1.82) is 0 Å². The number of nitro groups is 1. The average molecular weight is 493 g/mol. The molecule has 0 atom stereocenters. The van der Waals surface area contributed by atoms with Crippen LogP contribution >= 0.6 is 23.2 Å². The molecule has 4 aromatic heterocycles. The van der Waals surface area contributed by atoms with Crippen molar-refractivity contribution in [3.8, 4) is 11.6 Å². The molecule has 4 aromatic rings. The lowest BCUT2D eigenvalue weighted by atomic mass is 10.2. The molecule has 0 aromatic carbocycles. The minimum Gasteiger partial charge on any atom is -0.470 e. The highest BCUT2D eigenvalue weighted by atomic mass is 35.5. The molecule has 4 rings (SSSR count). The van der Waals surface area contributed by atoms with Gasteiger partial charge in [-0.2, -0.15) is 10.1 Å². The normalized spacial score (nSPS) is 10.8. The fourth-order valence-electron chi connectivity index (χ4n) is 3.20. The first-order chi connectivity index (χ1) is 15.8. The quantitative estimate of drug-likeness (QED) is 0.216. The summed E-state index contributed by atoms with van der Waals surface area (Å²) in [7, 11) is 0. The highest BCUT2D eigenvalue weighted by Crippen LogP contribution is 2.32. The second-order valence-electron chi connectivity index (χ2n) is 6.70. The Labute approximate surface area is 199 Å². The van der Waals surface area contributed by atoms with Gasteiger partial charge in [0.05, 0.1) is 28.2 Å². The summed E-state index contributed by atoms with van der Waals surface area (Å²) in [6, 6.07) is 3.63. The Balaban J connectivity index is 0.00000149. The summed E-state index contributed by atoms with van der Waals surface area (Å²) in [5.41, 5.74) is 2.73. The molecule has 11 nitrogen and oxygen atoms in total. The number of aromatic nitrogens is 7. The van der Waals surface area contributed by atoms with Crippen LogP contribution in [0.25, 0.3) is 16.7 Å². The van der Waals surface area contributed by atoms with Crippen molar-refractivity contribution >= 4 is 39.9 Å². The largest absolute Gasteiger partial charge is 0.470 e. The molecular weight excluding hydrogens is 471 g/mol. The molecule has 0 amide bonds. The number of aryl methyl sites for hydroxylation is 2. The minimum absolute atomic E-state index is 0.0388. The third-order valence-corrected chi connectivity index (χ3v) is 5.08. The Morgan fingerprint density at radius 3 is 2.52 bits per heavy atom. The topological polar surface area (TPSA) is 127 Å². The number of fused-ring (bicyclic) bond motifs is 1. The van der Waals surface area contributed by atoms with E-state index >= 15 is 0 Å². The summed E-state index contributed by atoms with van der Waals surface area (Å²) in [5, 5.41) is 21.0. The Morgan fingerprint density at radius 1 is 1.12 bits per heavy atom. The van der Waals surface area contributed by atoms with Crippen LogP contribution in [0.1, 0.15) is 30.9 Å². The van der Waals surface area contributed by atoms with Crippen LogP contribution < -0.4 is 4.74 Å². The molecule has 4 heterocycles. The monoisotopic (exact) mass is 492 g/mol. The lowest BCUT2D eigenvalue weighted by molar-refractivity contribution is -0.386. The van der Waals surface area contributed by atoms with Crippen LogP contribution in [0, 0.1) is 30.9 Å². The Morgan fingerprint density at radius 2 is 1.85 bits per heavy atom. The maximum absolute atomic E-state index is 11.7. The van der Waals surface area contributed by atoms with Crippen molar-refractivity contribution in [2.75, 3.05) is 6.61 Å². The highest BCUT2D eigenvalue weighted by Gasteiger charge is 2.28. The van der Waals surface area contributed by atoms with Crippen molar-refractivity contribution in [1.82, 2.24) is 34.5 Å². The van der Waals surface area contributed by atoms with Gasteiger partial charge in [0.15, 0.2) is 10.8 Å². The first kappa shape index (κ1) is 24.3. The zero-order valence-corrected chi connectivity index (χ0v) is 20.2. The zero-order valence-electron chi connectivity index (χ0n) is 18.7. The van der Waals surface area contributed by atoms with E-state index in [0.29, 0.717) is 28.1 Å². The number of rotatable bonds is 6. The molecule has 0 spiro atoms. The van der Waals surface area contributed by atoms with E-state index < -0.39 is 4.92 Å². The standard InChI is InChI=1S/C18H16Cl2N8O3.C2H6/c1-9-4-5-13(10(2)22-9)27-11(3)14(28(29)30)17(25-27)31-7-6-26-16-12(15(19)24-26)8-21-18(20)23-16;1-2/h4-5,8H,6-7H2,1-3H3;1-2H3. The van der Waals surface area contributed by atoms with Crippen molar-refractivity contribution < 1.29 is 9.66 Å². The molecule has 0 unspecified atom stereocenters. The van der Waals surface area contributed by atoms with E-state index in [1.807, 2.05) is 39.8 Å².